The van der Waals surface area contributed by atoms with E-state index >= 15 is 0 Å². The average molecular weight is 249 g/mol. The lowest BCUT2D eigenvalue weighted by molar-refractivity contribution is -0.131. The number of thiophene rings is 1. The van der Waals surface area contributed by atoms with Crippen molar-refractivity contribution in [2.45, 2.75) is 32.1 Å². The predicted octanol–water partition coefficient (Wildman–Crippen LogP) is 2.94. The number of piperidine rings is 1. The zero-order valence-corrected chi connectivity index (χ0v) is 10.9. The normalized spacial score (nSPS) is 21.8. The fourth-order valence-electron chi connectivity index (χ4n) is 2.87. The van der Waals surface area contributed by atoms with Crippen LogP contribution in [0.15, 0.2) is 16.8 Å². The molecule has 0 spiro atoms. The largest absolute Gasteiger partial charge is 0.342 e. The molecule has 0 unspecified atom stereocenters. The Morgan fingerprint density at radius 2 is 1.94 bits per heavy atom. The van der Waals surface area contributed by atoms with Crippen LogP contribution in [0.2, 0.25) is 0 Å². The molecular formula is C14H19NOS. The Hall–Kier alpha value is -0.830. The zero-order chi connectivity index (χ0) is 11.7. The minimum absolute atomic E-state index is 0.317. The molecule has 2 fully saturated rings. The van der Waals surface area contributed by atoms with E-state index in [1.807, 2.05) is 5.38 Å². The van der Waals surface area contributed by atoms with Gasteiger partial charge in [-0.25, -0.2) is 0 Å². The maximum Gasteiger partial charge on any atom is 0.227 e. The summed E-state index contributed by atoms with van der Waals surface area (Å²) in [5, 5.41) is 4.12. The molecule has 3 rings (SSSR count). The molecule has 1 aliphatic heterocycles. The Kier molecular flexibility index (Phi) is 3.19. The van der Waals surface area contributed by atoms with Crippen LogP contribution >= 0.6 is 11.3 Å². The number of hydrogen-bond donors (Lipinski definition) is 0. The Bertz CT molecular complexity index is 375. The molecule has 1 aromatic heterocycles. The minimum Gasteiger partial charge on any atom is -0.342 e. The van der Waals surface area contributed by atoms with E-state index in [1.165, 1.54) is 31.2 Å². The van der Waals surface area contributed by atoms with Crippen molar-refractivity contribution >= 4 is 17.2 Å². The second kappa shape index (κ2) is 4.81. The summed E-state index contributed by atoms with van der Waals surface area (Å²) in [6.45, 7) is 1.98. The highest BCUT2D eigenvalue weighted by molar-refractivity contribution is 7.07. The highest BCUT2D eigenvalue weighted by Crippen LogP contribution is 2.41. The maximum atomic E-state index is 12.1. The number of likely N-dealkylation sites (tertiary alicyclic amines) is 1. The first-order chi connectivity index (χ1) is 8.33. The molecule has 17 heavy (non-hydrogen) atoms. The molecule has 1 aromatic rings. The van der Waals surface area contributed by atoms with Crippen LogP contribution in [0.3, 0.4) is 0 Å². The van der Waals surface area contributed by atoms with Crippen LogP contribution in [0, 0.1) is 11.8 Å². The van der Waals surface area contributed by atoms with Crippen molar-refractivity contribution in [1.29, 1.82) is 0 Å². The van der Waals surface area contributed by atoms with E-state index < -0.39 is 0 Å². The Morgan fingerprint density at radius 3 is 2.53 bits per heavy atom. The van der Waals surface area contributed by atoms with Crippen LogP contribution in [0.5, 0.6) is 0 Å². The number of carbonyl (C=O) groups is 1. The first kappa shape index (κ1) is 11.3. The van der Waals surface area contributed by atoms with E-state index in [2.05, 4.69) is 16.3 Å². The third-order valence-corrected chi connectivity index (χ3v) is 4.85. The molecule has 1 aliphatic carbocycles. The highest BCUT2D eigenvalue weighted by Gasteiger charge is 2.34. The Balaban J connectivity index is 1.50. The number of nitrogens with zero attached hydrogens (tertiary/aromatic N) is 1. The molecular weight excluding hydrogens is 230 g/mol. The standard InChI is InChI=1S/C14H19NOS/c16-14(9-11-5-8-17-10-11)15-6-3-13(4-7-15)12-1-2-12/h5,8,10,12-13H,1-4,6-7,9H2. The molecule has 2 heterocycles. The van der Waals surface area contributed by atoms with Crippen LogP contribution in [0.25, 0.3) is 0 Å². The third-order valence-electron chi connectivity index (χ3n) is 4.12. The lowest BCUT2D eigenvalue weighted by atomic mass is 9.92. The van der Waals surface area contributed by atoms with Crippen LogP contribution < -0.4 is 0 Å². The van der Waals surface area contributed by atoms with E-state index in [4.69, 9.17) is 0 Å². The molecule has 2 nitrogen and oxygen atoms in total. The van der Waals surface area contributed by atoms with Crippen LogP contribution in [-0.2, 0) is 11.2 Å². The monoisotopic (exact) mass is 249 g/mol. The summed E-state index contributed by atoms with van der Waals surface area (Å²) in [5.41, 5.74) is 1.17. The second-order valence-corrected chi connectivity index (χ2v) is 6.14. The third kappa shape index (κ3) is 2.71. The number of amides is 1. The van der Waals surface area contributed by atoms with Gasteiger partial charge in [-0.1, -0.05) is 0 Å². The molecule has 3 heteroatoms. The highest BCUT2D eigenvalue weighted by atomic mass is 32.1. The van der Waals surface area contributed by atoms with Gasteiger partial charge in [0.1, 0.15) is 0 Å². The van der Waals surface area contributed by atoms with E-state index in [-0.39, 0.29) is 0 Å². The molecule has 2 aliphatic rings. The van der Waals surface area contributed by atoms with E-state index in [9.17, 15) is 4.79 Å². The van der Waals surface area contributed by atoms with E-state index in [0.29, 0.717) is 12.3 Å². The molecule has 0 bridgehead atoms. The fourth-order valence-corrected chi connectivity index (χ4v) is 3.54. The maximum absolute atomic E-state index is 12.1. The summed E-state index contributed by atoms with van der Waals surface area (Å²) >= 11 is 1.67. The van der Waals surface area contributed by atoms with Gasteiger partial charge in [0.2, 0.25) is 5.91 Å². The number of carbonyl (C=O) groups excluding carboxylic acids is 1. The molecule has 1 amide bonds. The van der Waals surface area contributed by atoms with Crippen molar-refractivity contribution in [3.8, 4) is 0 Å². The summed E-state index contributed by atoms with van der Waals surface area (Å²) in [6.07, 6.45) is 5.94. The predicted molar refractivity (Wildman–Crippen MR) is 70.1 cm³/mol. The van der Waals surface area contributed by atoms with Gasteiger partial charge in [0, 0.05) is 13.1 Å². The van der Waals surface area contributed by atoms with Gasteiger partial charge in [-0.3, -0.25) is 4.79 Å². The van der Waals surface area contributed by atoms with Crippen molar-refractivity contribution in [3.63, 3.8) is 0 Å². The quantitative estimate of drug-likeness (QED) is 0.806. The van der Waals surface area contributed by atoms with Crippen LogP contribution in [0.4, 0.5) is 0 Å². The van der Waals surface area contributed by atoms with Gasteiger partial charge in [0.25, 0.3) is 0 Å². The first-order valence-corrected chi connectivity index (χ1v) is 7.56. The van der Waals surface area contributed by atoms with Gasteiger partial charge in [-0.05, 0) is 59.9 Å². The van der Waals surface area contributed by atoms with Gasteiger partial charge in [0.15, 0.2) is 0 Å². The topological polar surface area (TPSA) is 20.3 Å². The van der Waals surface area contributed by atoms with Crippen molar-refractivity contribution in [2.24, 2.45) is 11.8 Å². The van der Waals surface area contributed by atoms with E-state index in [0.717, 1.165) is 24.9 Å². The Labute approximate surface area is 107 Å². The second-order valence-electron chi connectivity index (χ2n) is 5.36. The van der Waals surface area contributed by atoms with Crippen molar-refractivity contribution in [2.75, 3.05) is 13.1 Å². The molecule has 0 aromatic carbocycles. The zero-order valence-electron chi connectivity index (χ0n) is 10.1. The lowest BCUT2D eigenvalue weighted by Gasteiger charge is -2.32. The lowest BCUT2D eigenvalue weighted by Crippen LogP contribution is -2.39. The van der Waals surface area contributed by atoms with Crippen molar-refractivity contribution < 1.29 is 4.79 Å². The number of rotatable bonds is 3. The van der Waals surface area contributed by atoms with E-state index in [1.54, 1.807) is 11.3 Å². The summed E-state index contributed by atoms with van der Waals surface area (Å²) in [6, 6.07) is 2.06. The molecule has 1 saturated carbocycles. The fraction of sp³-hybridized carbons (Fsp3) is 0.643. The van der Waals surface area contributed by atoms with Gasteiger partial charge >= 0.3 is 0 Å². The van der Waals surface area contributed by atoms with Crippen LogP contribution in [-0.4, -0.2) is 23.9 Å². The molecule has 92 valence electrons. The smallest absolute Gasteiger partial charge is 0.227 e. The van der Waals surface area contributed by atoms with Crippen LogP contribution in [0.1, 0.15) is 31.2 Å². The average Bonchev–Trinajstić information content (AvgIpc) is 3.09. The summed E-state index contributed by atoms with van der Waals surface area (Å²) in [7, 11) is 0. The molecule has 0 radical (unpaired) electrons. The van der Waals surface area contributed by atoms with Gasteiger partial charge < -0.3 is 4.90 Å². The van der Waals surface area contributed by atoms with Crippen molar-refractivity contribution in [1.82, 2.24) is 4.90 Å². The first-order valence-electron chi connectivity index (χ1n) is 6.62. The molecule has 0 atom stereocenters. The molecule has 0 N–H and O–H groups in total. The van der Waals surface area contributed by atoms with Gasteiger partial charge in [-0.15, -0.1) is 0 Å². The number of hydrogen-bond acceptors (Lipinski definition) is 2. The van der Waals surface area contributed by atoms with Gasteiger partial charge in [0.05, 0.1) is 6.42 Å². The Morgan fingerprint density at radius 1 is 1.24 bits per heavy atom. The SMILES string of the molecule is O=C(Cc1ccsc1)N1CCC(C2CC2)CC1. The van der Waals surface area contributed by atoms with Gasteiger partial charge in [-0.2, -0.15) is 11.3 Å². The summed E-state index contributed by atoms with van der Waals surface area (Å²) in [5.74, 6) is 2.24. The molecule has 1 saturated heterocycles. The minimum atomic E-state index is 0.317. The summed E-state index contributed by atoms with van der Waals surface area (Å²) in [4.78, 5) is 14.2. The summed E-state index contributed by atoms with van der Waals surface area (Å²) < 4.78 is 0. The van der Waals surface area contributed by atoms with Crippen molar-refractivity contribution in [3.05, 3.63) is 22.4 Å².